The van der Waals surface area contributed by atoms with Crippen LogP contribution in [0.2, 0.25) is 0 Å². The molecule has 2 heterocycles. The zero-order valence-corrected chi connectivity index (χ0v) is 21.4. The summed E-state index contributed by atoms with van der Waals surface area (Å²) in [6.45, 7) is 2.79. The number of ether oxygens (including phenoxy) is 4. The highest BCUT2D eigenvalue weighted by Crippen LogP contribution is 2.56. The first-order valence-electron chi connectivity index (χ1n) is 12.5. The lowest BCUT2D eigenvalue weighted by Crippen LogP contribution is -2.65. The predicted molar refractivity (Wildman–Crippen MR) is 128 cm³/mol. The second-order valence-corrected chi connectivity index (χ2v) is 9.31. The third kappa shape index (κ3) is 3.70. The Kier molecular flexibility index (Phi) is 7.27. The van der Waals surface area contributed by atoms with Crippen LogP contribution in [0.5, 0.6) is 0 Å². The largest absolute Gasteiger partial charge is 0.469 e. The molecule has 1 spiro atoms. The summed E-state index contributed by atoms with van der Waals surface area (Å²) >= 11 is 0. The molecule has 0 bridgehead atoms. The summed E-state index contributed by atoms with van der Waals surface area (Å²) < 4.78 is 20.6. The molecule has 1 aliphatic carbocycles. The van der Waals surface area contributed by atoms with E-state index < -0.39 is 52.7 Å². The van der Waals surface area contributed by atoms with Crippen LogP contribution in [0.3, 0.4) is 0 Å². The van der Waals surface area contributed by atoms with Crippen molar-refractivity contribution in [2.75, 3.05) is 32.3 Å². The Morgan fingerprint density at radius 1 is 0.919 bits per heavy atom. The van der Waals surface area contributed by atoms with Crippen molar-refractivity contribution in [2.45, 2.75) is 56.7 Å². The van der Waals surface area contributed by atoms with E-state index in [-0.39, 0.29) is 19.3 Å². The van der Waals surface area contributed by atoms with Gasteiger partial charge in [0.1, 0.15) is 17.4 Å². The maximum atomic E-state index is 14.5. The number of hydrogen-bond acceptors (Lipinski definition) is 10. The van der Waals surface area contributed by atoms with E-state index in [2.05, 4.69) is 5.32 Å². The van der Waals surface area contributed by atoms with Crippen molar-refractivity contribution in [3.05, 3.63) is 29.8 Å². The summed E-state index contributed by atoms with van der Waals surface area (Å²) in [5.74, 6) is -8.35. The van der Waals surface area contributed by atoms with Gasteiger partial charge in [0.2, 0.25) is 5.54 Å². The summed E-state index contributed by atoms with van der Waals surface area (Å²) in [6, 6.07) is 6.69. The van der Waals surface area contributed by atoms with Crippen LogP contribution in [-0.2, 0) is 48.5 Å². The standard InChI is InChI=1S/C26H32N2O9/c1-5-36-23(32)26(24(33)37-6-2)19(21(30)35-4)18(20(29)34-3)25(27-26)16-13-9-10-14-17(16)28(22(25)31)15-11-7-8-12-15/h9-10,13-15,18-19,27H,5-8,11-12H2,1-4H3/t18-,19+,25+/m0/s1. The number of carbonyl (C=O) groups excluding carboxylic acids is 5. The van der Waals surface area contributed by atoms with Crippen LogP contribution in [0.1, 0.15) is 45.1 Å². The molecule has 0 radical (unpaired) electrons. The fraction of sp³-hybridized carbons (Fsp3) is 0.577. The molecule has 11 nitrogen and oxygen atoms in total. The van der Waals surface area contributed by atoms with Gasteiger partial charge in [-0.2, -0.15) is 0 Å². The Bertz CT molecular complexity index is 1100. The number of anilines is 1. The molecule has 1 amide bonds. The van der Waals surface area contributed by atoms with E-state index in [1.165, 1.54) is 13.8 Å². The van der Waals surface area contributed by atoms with Crippen LogP contribution in [0.4, 0.5) is 5.69 Å². The van der Waals surface area contributed by atoms with E-state index >= 15 is 0 Å². The van der Waals surface area contributed by atoms with E-state index in [1.807, 2.05) is 0 Å². The van der Waals surface area contributed by atoms with Gasteiger partial charge in [-0.25, -0.2) is 9.59 Å². The summed E-state index contributed by atoms with van der Waals surface area (Å²) in [5, 5.41) is 2.90. The molecule has 1 aromatic carbocycles. The minimum atomic E-state index is -2.55. The Morgan fingerprint density at radius 2 is 1.46 bits per heavy atom. The van der Waals surface area contributed by atoms with Gasteiger partial charge in [0.15, 0.2) is 0 Å². The summed E-state index contributed by atoms with van der Waals surface area (Å²) in [6.07, 6.45) is 3.36. The van der Waals surface area contributed by atoms with E-state index in [0.717, 1.165) is 39.9 Å². The van der Waals surface area contributed by atoms with Gasteiger partial charge in [-0.3, -0.25) is 19.7 Å². The molecule has 0 unspecified atom stereocenters. The molecule has 2 fully saturated rings. The highest BCUT2D eigenvalue weighted by atomic mass is 16.6. The van der Waals surface area contributed by atoms with Gasteiger partial charge in [-0.1, -0.05) is 31.0 Å². The lowest BCUT2D eigenvalue weighted by atomic mass is 9.72. The Balaban J connectivity index is 2.05. The molecule has 1 aromatic rings. The van der Waals surface area contributed by atoms with Crippen LogP contribution in [-0.4, -0.2) is 68.8 Å². The first-order chi connectivity index (χ1) is 17.8. The smallest absolute Gasteiger partial charge is 0.339 e. The van der Waals surface area contributed by atoms with Crippen molar-refractivity contribution in [3.8, 4) is 0 Å². The van der Waals surface area contributed by atoms with Crippen molar-refractivity contribution >= 4 is 35.5 Å². The predicted octanol–water partition coefficient (Wildman–Crippen LogP) is 1.22. The topological polar surface area (TPSA) is 138 Å². The highest BCUT2D eigenvalue weighted by Gasteiger charge is 2.79. The minimum absolute atomic E-state index is 0.135. The Morgan fingerprint density at radius 3 is 2.00 bits per heavy atom. The number of benzene rings is 1. The monoisotopic (exact) mass is 516 g/mol. The lowest BCUT2D eigenvalue weighted by Gasteiger charge is -2.32. The Hall–Kier alpha value is -3.47. The van der Waals surface area contributed by atoms with E-state index in [9.17, 15) is 24.0 Å². The summed E-state index contributed by atoms with van der Waals surface area (Å²) in [7, 11) is 2.18. The molecule has 1 N–H and O–H groups in total. The van der Waals surface area contributed by atoms with Crippen LogP contribution in [0, 0.1) is 11.8 Å². The number of rotatable bonds is 7. The van der Waals surface area contributed by atoms with Crippen LogP contribution >= 0.6 is 0 Å². The third-order valence-electron chi connectivity index (χ3n) is 7.60. The first-order valence-corrected chi connectivity index (χ1v) is 12.5. The Labute approximate surface area is 214 Å². The third-order valence-corrected chi connectivity index (χ3v) is 7.60. The van der Waals surface area contributed by atoms with Crippen molar-refractivity contribution in [3.63, 3.8) is 0 Å². The number of fused-ring (bicyclic) bond motifs is 2. The number of nitrogens with one attached hydrogen (secondary N) is 1. The van der Waals surface area contributed by atoms with Crippen molar-refractivity contribution in [1.82, 2.24) is 5.32 Å². The minimum Gasteiger partial charge on any atom is -0.469 e. The van der Waals surface area contributed by atoms with E-state index in [0.29, 0.717) is 11.3 Å². The van der Waals surface area contributed by atoms with Crippen LogP contribution in [0.15, 0.2) is 24.3 Å². The van der Waals surface area contributed by atoms with Gasteiger partial charge >= 0.3 is 23.9 Å². The maximum Gasteiger partial charge on any atom is 0.339 e. The molecule has 2 aliphatic heterocycles. The number of para-hydroxylation sites is 1. The molecule has 3 atom stereocenters. The number of amides is 1. The fourth-order valence-corrected chi connectivity index (χ4v) is 6.15. The second kappa shape index (κ2) is 10.1. The molecule has 1 saturated heterocycles. The molecular formula is C26H32N2O9. The molecule has 11 heteroatoms. The number of nitrogens with zero attached hydrogens (tertiary/aromatic N) is 1. The SMILES string of the molecule is CCOC(=O)C1(C(=O)OCC)N[C@@]2(C(=O)N(C3CCCC3)c3ccccc32)[C@H](C(=O)OC)[C@@H]1C(=O)OC. The number of esters is 4. The number of methoxy groups -OCH3 is 2. The van der Waals surface area contributed by atoms with Crippen molar-refractivity contribution in [1.29, 1.82) is 0 Å². The van der Waals surface area contributed by atoms with Gasteiger partial charge < -0.3 is 23.8 Å². The van der Waals surface area contributed by atoms with Crippen LogP contribution in [0.25, 0.3) is 0 Å². The van der Waals surface area contributed by atoms with Gasteiger partial charge in [0, 0.05) is 17.3 Å². The van der Waals surface area contributed by atoms with Crippen molar-refractivity contribution in [2.24, 2.45) is 11.8 Å². The maximum absolute atomic E-state index is 14.5. The highest BCUT2D eigenvalue weighted by molar-refractivity contribution is 6.17. The van der Waals surface area contributed by atoms with E-state index in [1.54, 1.807) is 29.2 Å². The second-order valence-electron chi connectivity index (χ2n) is 9.31. The van der Waals surface area contributed by atoms with Gasteiger partial charge in [0.05, 0.1) is 27.4 Å². The van der Waals surface area contributed by atoms with Gasteiger partial charge in [0.25, 0.3) is 5.91 Å². The number of carbonyl (C=O) groups is 5. The zero-order chi connectivity index (χ0) is 27.0. The van der Waals surface area contributed by atoms with Gasteiger partial charge in [-0.05, 0) is 32.8 Å². The molecule has 3 aliphatic rings. The molecule has 37 heavy (non-hydrogen) atoms. The quantitative estimate of drug-likeness (QED) is 0.320. The van der Waals surface area contributed by atoms with E-state index in [4.69, 9.17) is 18.9 Å². The first kappa shape index (κ1) is 26.6. The number of hydrogen-bond donors (Lipinski definition) is 1. The van der Waals surface area contributed by atoms with Crippen molar-refractivity contribution < 1.29 is 42.9 Å². The van der Waals surface area contributed by atoms with Gasteiger partial charge in [-0.15, -0.1) is 0 Å². The summed E-state index contributed by atoms with van der Waals surface area (Å²) in [5.41, 5.74) is -3.66. The molecular weight excluding hydrogens is 484 g/mol. The normalized spacial score (nSPS) is 26.2. The average Bonchev–Trinajstić information content (AvgIpc) is 3.59. The summed E-state index contributed by atoms with van der Waals surface area (Å²) in [4.78, 5) is 70.2. The molecule has 1 saturated carbocycles. The molecule has 200 valence electrons. The zero-order valence-electron chi connectivity index (χ0n) is 21.4. The average molecular weight is 517 g/mol. The fourth-order valence-electron chi connectivity index (χ4n) is 6.15. The molecule has 0 aromatic heterocycles. The molecule has 4 rings (SSSR count). The lowest BCUT2D eigenvalue weighted by molar-refractivity contribution is -0.175. The van der Waals surface area contributed by atoms with Crippen LogP contribution < -0.4 is 10.2 Å².